The van der Waals surface area contributed by atoms with Crippen molar-refractivity contribution in [2.24, 2.45) is 0 Å². The lowest BCUT2D eigenvalue weighted by Gasteiger charge is -2.12. The van der Waals surface area contributed by atoms with Gasteiger partial charge in [0.2, 0.25) is 5.91 Å². The smallest absolute Gasteiger partial charge is 0.293 e. The van der Waals surface area contributed by atoms with Gasteiger partial charge < -0.3 is 10.4 Å². The summed E-state index contributed by atoms with van der Waals surface area (Å²) in [6, 6.07) is 15.8. The largest absolute Gasteiger partial charge is 0.508 e. The summed E-state index contributed by atoms with van der Waals surface area (Å²) < 4.78 is 0. The van der Waals surface area contributed by atoms with Crippen molar-refractivity contribution in [2.45, 2.75) is 12.8 Å². The lowest BCUT2D eigenvalue weighted by molar-refractivity contribution is -0.123. The molecule has 3 amide bonds. The highest BCUT2D eigenvalue weighted by Crippen LogP contribution is 2.30. The average molecular weight is 408 g/mol. The number of carbonyl (C=O) groups excluding carboxylic acids is 3. The first-order chi connectivity index (χ1) is 14.0. The van der Waals surface area contributed by atoms with E-state index in [-0.39, 0.29) is 35.8 Å². The van der Waals surface area contributed by atoms with Gasteiger partial charge in [-0.3, -0.25) is 19.3 Å². The Balaban J connectivity index is 1.48. The second-order valence-corrected chi connectivity index (χ2v) is 7.32. The number of rotatable bonds is 7. The van der Waals surface area contributed by atoms with E-state index in [9.17, 15) is 19.5 Å². The van der Waals surface area contributed by atoms with Crippen molar-refractivity contribution in [3.8, 4) is 5.75 Å². The van der Waals surface area contributed by atoms with Crippen molar-refractivity contribution in [2.75, 3.05) is 11.9 Å². The van der Waals surface area contributed by atoms with E-state index in [1.165, 1.54) is 17.0 Å². The number of aromatic hydroxyl groups is 1. The van der Waals surface area contributed by atoms with Crippen molar-refractivity contribution in [1.29, 1.82) is 0 Å². The molecule has 148 valence electrons. The summed E-state index contributed by atoms with van der Waals surface area (Å²) in [7, 11) is 0. The zero-order chi connectivity index (χ0) is 20.6. The molecule has 0 unspecified atom stereocenters. The third-order valence-corrected chi connectivity index (χ3v) is 5.07. The summed E-state index contributed by atoms with van der Waals surface area (Å²) in [6.07, 6.45) is 5.79. The Hall–Kier alpha value is -3.32. The van der Waals surface area contributed by atoms with E-state index in [1.807, 2.05) is 36.4 Å². The fourth-order valence-electron chi connectivity index (χ4n) is 2.68. The molecular weight excluding hydrogens is 388 g/mol. The first kappa shape index (κ1) is 20.4. The second kappa shape index (κ2) is 9.75. The van der Waals surface area contributed by atoms with Crippen LogP contribution in [0.1, 0.15) is 18.4 Å². The molecule has 6 nitrogen and oxygen atoms in total. The Labute approximate surface area is 172 Å². The van der Waals surface area contributed by atoms with Crippen LogP contribution in [0.25, 0.3) is 6.08 Å². The zero-order valence-electron chi connectivity index (χ0n) is 15.6. The maximum Gasteiger partial charge on any atom is 0.293 e. The third kappa shape index (κ3) is 5.83. The number of benzene rings is 2. The van der Waals surface area contributed by atoms with Crippen molar-refractivity contribution in [3.05, 3.63) is 77.2 Å². The van der Waals surface area contributed by atoms with E-state index in [2.05, 4.69) is 5.32 Å². The summed E-state index contributed by atoms with van der Waals surface area (Å²) in [6.45, 7) is 0.188. The van der Waals surface area contributed by atoms with Crippen LogP contribution in [0.4, 0.5) is 10.5 Å². The van der Waals surface area contributed by atoms with Crippen LogP contribution in [0, 0.1) is 0 Å². The van der Waals surface area contributed by atoms with Gasteiger partial charge in [0.1, 0.15) is 5.75 Å². The first-order valence-electron chi connectivity index (χ1n) is 9.09. The van der Waals surface area contributed by atoms with E-state index < -0.39 is 0 Å². The molecule has 3 rings (SSSR count). The minimum atomic E-state index is -0.336. The number of imide groups is 1. The predicted octanol–water partition coefficient (Wildman–Crippen LogP) is 4.40. The molecule has 1 aliphatic heterocycles. The van der Waals surface area contributed by atoms with E-state index in [4.69, 9.17) is 0 Å². The Morgan fingerprint density at radius 1 is 1.07 bits per heavy atom. The van der Waals surface area contributed by atoms with Crippen molar-refractivity contribution in [1.82, 2.24) is 4.90 Å². The summed E-state index contributed by atoms with van der Waals surface area (Å²) in [5.74, 6) is -0.435. The number of phenolic OH excluding ortho intramolecular Hbond substituents is 1. The standard InChI is InChI=1S/C22H20N2O4S/c25-18-13-11-17(12-14-18)23-20(26)10-5-15-24-21(27)19(29-22(24)28)9-4-8-16-6-2-1-3-7-16/h1-4,6-9,11-14,25H,5,10,15H2,(H,23,26)/b8-4+,19-9+. The number of amides is 3. The highest BCUT2D eigenvalue weighted by Gasteiger charge is 2.34. The highest BCUT2D eigenvalue weighted by molar-refractivity contribution is 8.18. The molecule has 7 heteroatoms. The van der Waals surface area contributed by atoms with Gasteiger partial charge in [-0.25, -0.2) is 0 Å². The molecule has 2 N–H and O–H groups in total. The number of hydrogen-bond donors (Lipinski definition) is 2. The highest BCUT2D eigenvalue weighted by atomic mass is 32.2. The SMILES string of the molecule is O=C(CCCN1C(=O)S/C(=C/C=C/c2ccccc2)C1=O)Nc1ccc(O)cc1. The van der Waals surface area contributed by atoms with Crippen molar-refractivity contribution < 1.29 is 19.5 Å². The summed E-state index contributed by atoms with van der Waals surface area (Å²) in [4.78, 5) is 38.0. The fraction of sp³-hybridized carbons (Fsp3) is 0.136. The van der Waals surface area contributed by atoms with Crippen LogP contribution < -0.4 is 5.32 Å². The molecular formula is C22H20N2O4S. The van der Waals surface area contributed by atoms with Crippen LogP contribution in [-0.4, -0.2) is 33.6 Å². The number of hydrogen-bond acceptors (Lipinski definition) is 5. The molecule has 1 fully saturated rings. The molecule has 0 atom stereocenters. The van der Waals surface area contributed by atoms with Gasteiger partial charge in [0.15, 0.2) is 0 Å². The Morgan fingerprint density at radius 3 is 2.52 bits per heavy atom. The van der Waals surface area contributed by atoms with Gasteiger partial charge in [-0.1, -0.05) is 42.5 Å². The van der Waals surface area contributed by atoms with Crippen LogP contribution in [0.5, 0.6) is 5.75 Å². The van der Waals surface area contributed by atoms with Crippen LogP contribution in [0.3, 0.4) is 0 Å². The predicted molar refractivity (Wildman–Crippen MR) is 114 cm³/mol. The van der Waals surface area contributed by atoms with E-state index in [0.29, 0.717) is 17.0 Å². The van der Waals surface area contributed by atoms with Gasteiger partial charge in [-0.2, -0.15) is 0 Å². The number of thioether (sulfide) groups is 1. The number of phenols is 1. The maximum absolute atomic E-state index is 12.4. The quantitative estimate of drug-likeness (QED) is 0.524. The van der Waals surface area contributed by atoms with Gasteiger partial charge in [0.25, 0.3) is 11.1 Å². The number of nitrogens with one attached hydrogen (secondary N) is 1. The van der Waals surface area contributed by atoms with E-state index in [0.717, 1.165) is 17.3 Å². The van der Waals surface area contributed by atoms with Gasteiger partial charge in [0, 0.05) is 18.7 Å². The van der Waals surface area contributed by atoms with Crippen molar-refractivity contribution in [3.63, 3.8) is 0 Å². The van der Waals surface area contributed by atoms with Gasteiger partial charge in [0.05, 0.1) is 4.91 Å². The molecule has 0 aromatic heterocycles. The molecule has 2 aromatic carbocycles. The van der Waals surface area contributed by atoms with Crippen LogP contribution >= 0.6 is 11.8 Å². The lowest BCUT2D eigenvalue weighted by Crippen LogP contribution is -2.29. The molecule has 0 spiro atoms. The van der Waals surface area contributed by atoms with Gasteiger partial charge >= 0.3 is 0 Å². The van der Waals surface area contributed by atoms with Gasteiger partial charge in [-0.15, -0.1) is 0 Å². The topological polar surface area (TPSA) is 86.7 Å². The fourth-order valence-corrected chi connectivity index (χ4v) is 3.50. The minimum Gasteiger partial charge on any atom is -0.508 e. The molecule has 0 aliphatic carbocycles. The Kier molecular flexibility index (Phi) is 6.86. The van der Waals surface area contributed by atoms with Gasteiger partial charge in [-0.05, 0) is 54.1 Å². The number of anilines is 1. The summed E-state index contributed by atoms with van der Waals surface area (Å²) >= 11 is 0.903. The number of nitrogens with zero attached hydrogens (tertiary/aromatic N) is 1. The van der Waals surface area contributed by atoms with E-state index >= 15 is 0 Å². The van der Waals surface area contributed by atoms with Crippen LogP contribution in [-0.2, 0) is 9.59 Å². The molecule has 0 bridgehead atoms. The third-order valence-electron chi connectivity index (χ3n) is 4.15. The summed E-state index contributed by atoms with van der Waals surface area (Å²) in [5.41, 5.74) is 1.58. The summed E-state index contributed by atoms with van der Waals surface area (Å²) in [5, 5.41) is 11.6. The van der Waals surface area contributed by atoms with E-state index in [1.54, 1.807) is 24.3 Å². The molecule has 29 heavy (non-hydrogen) atoms. The average Bonchev–Trinajstić information content (AvgIpc) is 2.98. The lowest BCUT2D eigenvalue weighted by atomic mass is 10.2. The minimum absolute atomic E-state index is 0.119. The molecule has 1 aliphatic rings. The second-order valence-electron chi connectivity index (χ2n) is 6.32. The maximum atomic E-state index is 12.4. The number of allylic oxidation sites excluding steroid dienone is 2. The van der Waals surface area contributed by atoms with Crippen LogP contribution in [0.15, 0.2) is 71.7 Å². The molecule has 0 radical (unpaired) electrons. The normalized spacial score (nSPS) is 15.4. The molecule has 2 aromatic rings. The monoisotopic (exact) mass is 408 g/mol. The van der Waals surface area contributed by atoms with Crippen LogP contribution in [0.2, 0.25) is 0 Å². The zero-order valence-corrected chi connectivity index (χ0v) is 16.4. The Morgan fingerprint density at radius 2 is 1.79 bits per heavy atom. The first-order valence-corrected chi connectivity index (χ1v) is 9.90. The Bertz CT molecular complexity index is 953. The molecule has 1 heterocycles. The molecule has 1 saturated heterocycles. The van der Waals surface area contributed by atoms with Crippen molar-refractivity contribution >= 4 is 40.6 Å². The number of carbonyl (C=O) groups is 3. The molecule has 0 saturated carbocycles.